The van der Waals surface area contributed by atoms with Crippen molar-refractivity contribution in [3.05, 3.63) is 52.4 Å². The number of rotatable bonds is 4. The Morgan fingerprint density at radius 1 is 1.00 bits per heavy atom. The minimum absolute atomic E-state index is 0.208. The predicted octanol–water partition coefficient (Wildman–Crippen LogP) is 3.83. The van der Waals surface area contributed by atoms with E-state index in [4.69, 9.17) is 0 Å². The second kappa shape index (κ2) is 7.43. The van der Waals surface area contributed by atoms with Crippen LogP contribution in [0.15, 0.2) is 47.5 Å². The number of anilines is 2. The van der Waals surface area contributed by atoms with Gasteiger partial charge in [0.2, 0.25) is 0 Å². The highest BCUT2D eigenvalue weighted by atomic mass is 32.1. The average molecular weight is 396 g/mol. The Labute approximate surface area is 169 Å². The molecule has 146 valence electrons. The maximum atomic E-state index is 13.4. The Morgan fingerprint density at radius 3 is 2.25 bits per heavy atom. The highest BCUT2D eigenvalue weighted by Crippen LogP contribution is 2.38. The lowest BCUT2D eigenvalue weighted by atomic mass is 9.98. The zero-order valence-corrected chi connectivity index (χ0v) is 17.3. The van der Waals surface area contributed by atoms with Gasteiger partial charge in [-0.15, -0.1) is 11.3 Å². The van der Waals surface area contributed by atoms with Crippen LogP contribution in [0.25, 0.3) is 5.57 Å². The molecule has 1 fully saturated rings. The number of hydrogen-bond donors (Lipinski definition) is 0. The van der Waals surface area contributed by atoms with Gasteiger partial charge in [-0.05, 0) is 54.5 Å². The van der Waals surface area contributed by atoms with Gasteiger partial charge in [0.05, 0.1) is 11.3 Å². The van der Waals surface area contributed by atoms with E-state index < -0.39 is 0 Å². The van der Waals surface area contributed by atoms with Gasteiger partial charge in [-0.2, -0.15) is 0 Å². The van der Waals surface area contributed by atoms with Crippen LogP contribution in [0.3, 0.4) is 0 Å². The van der Waals surface area contributed by atoms with E-state index in [-0.39, 0.29) is 11.8 Å². The maximum absolute atomic E-state index is 13.4. The molecule has 1 aromatic heterocycles. The third kappa shape index (κ3) is 3.22. The molecule has 5 nitrogen and oxygen atoms in total. The molecule has 0 atom stereocenters. The lowest BCUT2D eigenvalue weighted by Crippen LogP contribution is -2.38. The number of benzene rings is 1. The molecule has 1 aromatic carbocycles. The van der Waals surface area contributed by atoms with Crippen molar-refractivity contribution in [1.29, 1.82) is 0 Å². The third-order valence-electron chi connectivity index (χ3n) is 5.55. The van der Waals surface area contributed by atoms with Crippen LogP contribution in [-0.2, 0) is 9.59 Å². The normalized spacial score (nSPS) is 18.4. The van der Waals surface area contributed by atoms with Gasteiger partial charge in [0.15, 0.2) is 0 Å². The minimum atomic E-state index is -0.223. The van der Waals surface area contributed by atoms with Crippen LogP contribution in [0.5, 0.6) is 0 Å². The van der Waals surface area contributed by atoms with Crippen molar-refractivity contribution in [1.82, 2.24) is 4.90 Å². The molecule has 0 unspecified atom stereocenters. The van der Waals surface area contributed by atoms with Crippen molar-refractivity contribution in [3.63, 3.8) is 0 Å². The molecular weight excluding hydrogens is 370 g/mol. The number of likely N-dealkylation sites (tertiary alicyclic amines) is 1. The number of thiophene rings is 1. The first-order valence-corrected chi connectivity index (χ1v) is 10.5. The highest BCUT2D eigenvalue weighted by Gasteiger charge is 2.43. The largest absolute Gasteiger partial charge is 0.378 e. The summed E-state index contributed by atoms with van der Waals surface area (Å²) in [7, 11) is 3.93. The van der Waals surface area contributed by atoms with E-state index in [0.717, 1.165) is 36.5 Å². The molecule has 0 spiro atoms. The molecule has 28 heavy (non-hydrogen) atoms. The second-order valence-electron chi connectivity index (χ2n) is 7.73. The molecule has 3 heterocycles. The molecular formula is C22H25N3O2S. The van der Waals surface area contributed by atoms with Gasteiger partial charge in [-0.1, -0.05) is 13.0 Å². The Bertz CT molecular complexity index is 908. The summed E-state index contributed by atoms with van der Waals surface area (Å²) in [6.07, 6.45) is 2.08. The maximum Gasteiger partial charge on any atom is 0.282 e. The lowest BCUT2D eigenvalue weighted by Gasteiger charge is -2.32. The molecule has 2 amide bonds. The molecule has 0 bridgehead atoms. The topological polar surface area (TPSA) is 43.9 Å². The van der Waals surface area contributed by atoms with E-state index in [1.165, 1.54) is 16.2 Å². The SMILES string of the molecule is CC1CCN(C2=C(c3cccs3)C(=O)N(c3ccc(N(C)C)cc3)C2=O)CC1. The average Bonchev–Trinajstić information content (AvgIpc) is 3.29. The summed E-state index contributed by atoms with van der Waals surface area (Å²) in [6.45, 7) is 3.88. The molecule has 1 saturated heterocycles. The number of nitrogens with zero attached hydrogens (tertiary/aromatic N) is 3. The molecule has 0 N–H and O–H groups in total. The van der Waals surface area contributed by atoms with Gasteiger partial charge in [-0.3, -0.25) is 9.59 Å². The monoisotopic (exact) mass is 395 g/mol. The van der Waals surface area contributed by atoms with E-state index in [1.54, 1.807) is 0 Å². The molecule has 2 aliphatic heterocycles. The number of hydrogen-bond acceptors (Lipinski definition) is 5. The summed E-state index contributed by atoms with van der Waals surface area (Å²) in [5, 5.41) is 1.95. The third-order valence-corrected chi connectivity index (χ3v) is 6.44. The molecule has 2 aliphatic rings. The fourth-order valence-electron chi connectivity index (χ4n) is 3.82. The lowest BCUT2D eigenvalue weighted by molar-refractivity contribution is -0.120. The van der Waals surface area contributed by atoms with Crippen molar-refractivity contribution in [2.45, 2.75) is 19.8 Å². The van der Waals surface area contributed by atoms with Crippen molar-refractivity contribution in [2.75, 3.05) is 37.0 Å². The van der Waals surface area contributed by atoms with E-state index in [1.807, 2.05) is 60.8 Å². The zero-order valence-electron chi connectivity index (χ0n) is 16.5. The first-order chi connectivity index (χ1) is 13.5. The molecule has 2 aromatic rings. The Morgan fingerprint density at radius 2 is 1.68 bits per heavy atom. The van der Waals surface area contributed by atoms with E-state index in [9.17, 15) is 9.59 Å². The molecule has 6 heteroatoms. The standard InChI is InChI=1S/C22H25N3O2S/c1-15-10-12-24(13-11-15)20-19(18-5-4-14-28-18)21(26)25(22(20)27)17-8-6-16(7-9-17)23(2)3/h4-9,14-15H,10-13H2,1-3H3. The summed E-state index contributed by atoms with van der Waals surface area (Å²) in [5.74, 6) is 0.225. The second-order valence-corrected chi connectivity index (χ2v) is 8.67. The van der Waals surface area contributed by atoms with E-state index in [2.05, 4.69) is 11.8 Å². The fourth-order valence-corrected chi connectivity index (χ4v) is 4.58. The van der Waals surface area contributed by atoms with Crippen molar-refractivity contribution in [2.24, 2.45) is 5.92 Å². The molecule has 4 rings (SSSR count). The Hall–Kier alpha value is -2.60. The number of piperidine rings is 1. The van der Waals surface area contributed by atoms with Crippen LogP contribution >= 0.6 is 11.3 Å². The molecule has 0 saturated carbocycles. The van der Waals surface area contributed by atoms with Gasteiger partial charge in [0.1, 0.15) is 5.70 Å². The van der Waals surface area contributed by atoms with Gasteiger partial charge in [0, 0.05) is 37.7 Å². The van der Waals surface area contributed by atoms with E-state index in [0.29, 0.717) is 22.9 Å². The number of amides is 2. The summed E-state index contributed by atoms with van der Waals surface area (Å²) in [4.78, 5) is 33.1. The first-order valence-electron chi connectivity index (χ1n) is 9.66. The van der Waals surface area contributed by atoms with Crippen molar-refractivity contribution < 1.29 is 9.59 Å². The molecule has 0 radical (unpaired) electrons. The number of carbonyl (C=O) groups excluding carboxylic acids is 2. The van der Waals surface area contributed by atoms with Crippen LogP contribution < -0.4 is 9.80 Å². The molecule has 0 aliphatic carbocycles. The highest BCUT2D eigenvalue weighted by molar-refractivity contribution is 7.11. The quantitative estimate of drug-likeness (QED) is 0.738. The predicted molar refractivity (Wildman–Crippen MR) is 114 cm³/mol. The van der Waals surface area contributed by atoms with Gasteiger partial charge < -0.3 is 9.80 Å². The van der Waals surface area contributed by atoms with Gasteiger partial charge in [-0.25, -0.2) is 4.90 Å². The van der Waals surface area contributed by atoms with Crippen LogP contribution in [0, 0.1) is 5.92 Å². The van der Waals surface area contributed by atoms with E-state index >= 15 is 0 Å². The van der Waals surface area contributed by atoms with Crippen molar-refractivity contribution >= 4 is 40.1 Å². The first kappa shape index (κ1) is 18.7. The summed E-state index contributed by atoms with van der Waals surface area (Å²) in [5.41, 5.74) is 2.76. The summed E-state index contributed by atoms with van der Waals surface area (Å²) >= 11 is 1.51. The summed E-state index contributed by atoms with van der Waals surface area (Å²) < 4.78 is 0. The Balaban J connectivity index is 1.73. The zero-order chi connectivity index (χ0) is 19.8. The minimum Gasteiger partial charge on any atom is -0.378 e. The Kier molecular flexibility index (Phi) is 4.98. The van der Waals surface area contributed by atoms with Crippen LogP contribution in [-0.4, -0.2) is 43.9 Å². The fraction of sp³-hybridized carbons (Fsp3) is 0.364. The van der Waals surface area contributed by atoms with Gasteiger partial charge >= 0.3 is 0 Å². The summed E-state index contributed by atoms with van der Waals surface area (Å²) in [6, 6.07) is 11.4. The van der Waals surface area contributed by atoms with Crippen LogP contribution in [0.4, 0.5) is 11.4 Å². The van der Waals surface area contributed by atoms with Gasteiger partial charge in [0.25, 0.3) is 11.8 Å². The smallest absolute Gasteiger partial charge is 0.282 e. The van der Waals surface area contributed by atoms with Crippen LogP contribution in [0.2, 0.25) is 0 Å². The van der Waals surface area contributed by atoms with Crippen molar-refractivity contribution in [3.8, 4) is 0 Å². The number of carbonyl (C=O) groups is 2. The number of imide groups is 1. The van der Waals surface area contributed by atoms with Crippen LogP contribution in [0.1, 0.15) is 24.6 Å².